The van der Waals surface area contributed by atoms with Crippen molar-refractivity contribution in [3.05, 3.63) is 17.2 Å². The maximum atomic E-state index is 6.35. The van der Waals surface area contributed by atoms with Gasteiger partial charge in [-0.15, -0.1) is 0 Å². The first kappa shape index (κ1) is 14.3. The molecule has 1 aliphatic heterocycles. The lowest BCUT2D eigenvalue weighted by Gasteiger charge is -2.36. The van der Waals surface area contributed by atoms with Gasteiger partial charge in [-0.05, 0) is 13.0 Å². The number of anilines is 2. The van der Waals surface area contributed by atoms with Crippen LogP contribution in [0.25, 0.3) is 0 Å². The summed E-state index contributed by atoms with van der Waals surface area (Å²) < 4.78 is 5.40. The fraction of sp³-hybridized carbons (Fsp3) is 0.571. The monoisotopic (exact) mass is 283 g/mol. The zero-order chi connectivity index (χ0) is 14.0. The van der Waals surface area contributed by atoms with Crippen LogP contribution in [0.15, 0.2) is 12.1 Å². The smallest absolute Gasteiger partial charge is 0.141 e. The third kappa shape index (κ3) is 2.90. The SMILES string of the molecule is COc1cc(N2CCNC[C@@H]2C)cc(N(C)C)c1Cl. The Hall–Kier alpha value is -1.13. The van der Waals surface area contributed by atoms with Crippen LogP contribution in [-0.2, 0) is 0 Å². The fourth-order valence-corrected chi connectivity index (χ4v) is 2.79. The predicted molar refractivity (Wildman–Crippen MR) is 82.0 cm³/mol. The van der Waals surface area contributed by atoms with Gasteiger partial charge < -0.3 is 19.9 Å². The zero-order valence-electron chi connectivity index (χ0n) is 12.0. The molecule has 2 rings (SSSR count). The molecule has 1 heterocycles. The van der Waals surface area contributed by atoms with Crippen molar-refractivity contribution in [3.8, 4) is 5.75 Å². The predicted octanol–water partition coefficient (Wildman–Crippen LogP) is 2.21. The quantitative estimate of drug-likeness (QED) is 0.921. The number of ether oxygens (including phenoxy) is 1. The maximum Gasteiger partial charge on any atom is 0.141 e. The summed E-state index contributed by atoms with van der Waals surface area (Å²) in [5.74, 6) is 0.730. The molecule has 1 aromatic rings. The second-order valence-electron chi connectivity index (χ2n) is 5.12. The van der Waals surface area contributed by atoms with E-state index in [1.54, 1.807) is 7.11 Å². The van der Waals surface area contributed by atoms with E-state index < -0.39 is 0 Å². The molecule has 1 N–H and O–H groups in total. The average molecular weight is 284 g/mol. The first-order chi connectivity index (χ1) is 9.04. The zero-order valence-corrected chi connectivity index (χ0v) is 12.8. The van der Waals surface area contributed by atoms with Gasteiger partial charge in [0, 0.05) is 51.5 Å². The van der Waals surface area contributed by atoms with Crippen LogP contribution in [0.4, 0.5) is 11.4 Å². The van der Waals surface area contributed by atoms with Crippen molar-refractivity contribution >= 4 is 23.0 Å². The van der Waals surface area contributed by atoms with Gasteiger partial charge in [0.15, 0.2) is 0 Å². The van der Waals surface area contributed by atoms with Gasteiger partial charge in [-0.25, -0.2) is 0 Å². The minimum Gasteiger partial charge on any atom is -0.495 e. The Morgan fingerprint density at radius 2 is 2.16 bits per heavy atom. The van der Waals surface area contributed by atoms with E-state index in [1.165, 1.54) is 5.69 Å². The molecule has 5 heteroatoms. The van der Waals surface area contributed by atoms with Crippen LogP contribution in [0.3, 0.4) is 0 Å². The first-order valence-electron chi connectivity index (χ1n) is 6.56. The topological polar surface area (TPSA) is 27.7 Å². The van der Waals surface area contributed by atoms with Crippen LogP contribution in [0, 0.1) is 0 Å². The van der Waals surface area contributed by atoms with Crippen molar-refractivity contribution in [1.29, 1.82) is 0 Å². The molecule has 0 saturated carbocycles. The number of halogens is 1. The molecule has 1 fully saturated rings. The number of methoxy groups -OCH3 is 1. The van der Waals surface area contributed by atoms with Crippen molar-refractivity contribution in [1.82, 2.24) is 5.32 Å². The van der Waals surface area contributed by atoms with Crippen molar-refractivity contribution in [3.63, 3.8) is 0 Å². The molecule has 0 aliphatic carbocycles. The van der Waals surface area contributed by atoms with E-state index in [4.69, 9.17) is 16.3 Å². The van der Waals surface area contributed by atoms with E-state index in [9.17, 15) is 0 Å². The molecule has 1 atom stereocenters. The number of hydrogen-bond acceptors (Lipinski definition) is 4. The normalized spacial score (nSPS) is 19.4. The van der Waals surface area contributed by atoms with E-state index in [2.05, 4.69) is 23.2 Å². The Kier molecular flexibility index (Phi) is 4.42. The van der Waals surface area contributed by atoms with Gasteiger partial charge in [0.2, 0.25) is 0 Å². The second-order valence-corrected chi connectivity index (χ2v) is 5.50. The average Bonchev–Trinajstić information content (AvgIpc) is 2.39. The lowest BCUT2D eigenvalue weighted by molar-refractivity contribution is 0.414. The standard InChI is InChI=1S/C14H22ClN3O/c1-10-9-16-5-6-18(10)11-7-12(17(2)3)14(15)13(8-11)19-4/h7-8,10,16H,5-6,9H2,1-4H3/t10-/m0/s1. The summed E-state index contributed by atoms with van der Waals surface area (Å²) in [4.78, 5) is 4.41. The Balaban J connectivity index is 2.42. The lowest BCUT2D eigenvalue weighted by atomic mass is 10.1. The molecule has 0 bridgehead atoms. The number of rotatable bonds is 3. The fourth-order valence-electron chi connectivity index (χ4n) is 2.43. The summed E-state index contributed by atoms with van der Waals surface area (Å²) in [5, 5.41) is 4.07. The lowest BCUT2D eigenvalue weighted by Crippen LogP contribution is -2.49. The Morgan fingerprint density at radius 1 is 1.42 bits per heavy atom. The van der Waals surface area contributed by atoms with Gasteiger partial charge >= 0.3 is 0 Å². The van der Waals surface area contributed by atoms with Crippen LogP contribution in [-0.4, -0.2) is 46.9 Å². The number of hydrogen-bond donors (Lipinski definition) is 1. The van der Waals surface area contributed by atoms with Crippen LogP contribution >= 0.6 is 11.6 Å². The summed E-state index contributed by atoms with van der Waals surface area (Å²) in [7, 11) is 5.64. The summed E-state index contributed by atoms with van der Waals surface area (Å²) >= 11 is 6.35. The summed E-state index contributed by atoms with van der Waals surface area (Å²) in [6.45, 7) is 5.23. The van der Waals surface area contributed by atoms with E-state index in [-0.39, 0.29) is 0 Å². The Bertz CT molecular complexity index is 451. The maximum absolute atomic E-state index is 6.35. The van der Waals surface area contributed by atoms with Crippen LogP contribution < -0.4 is 19.9 Å². The van der Waals surface area contributed by atoms with Gasteiger partial charge in [-0.3, -0.25) is 0 Å². The van der Waals surface area contributed by atoms with Crippen LogP contribution in [0.1, 0.15) is 6.92 Å². The van der Waals surface area contributed by atoms with Crippen molar-refractivity contribution in [2.45, 2.75) is 13.0 Å². The highest BCUT2D eigenvalue weighted by Crippen LogP contribution is 2.38. The van der Waals surface area contributed by atoms with Gasteiger partial charge in [0.1, 0.15) is 10.8 Å². The molecule has 1 aromatic carbocycles. The van der Waals surface area contributed by atoms with Crippen LogP contribution in [0.2, 0.25) is 5.02 Å². The molecule has 0 spiro atoms. The van der Waals surface area contributed by atoms with E-state index in [0.29, 0.717) is 11.1 Å². The van der Waals surface area contributed by atoms with E-state index in [1.807, 2.05) is 25.1 Å². The van der Waals surface area contributed by atoms with Crippen LogP contribution in [0.5, 0.6) is 5.75 Å². The highest BCUT2D eigenvalue weighted by Gasteiger charge is 2.21. The van der Waals surface area contributed by atoms with Crippen molar-refractivity contribution in [2.24, 2.45) is 0 Å². The molecule has 1 aliphatic rings. The molecule has 106 valence electrons. The molecular weight excluding hydrogens is 262 g/mol. The molecule has 0 radical (unpaired) electrons. The summed E-state index contributed by atoms with van der Waals surface area (Å²) in [6.07, 6.45) is 0. The third-order valence-electron chi connectivity index (χ3n) is 3.54. The summed E-state index contributed by atoms with van der Waals surface area (Å²) in [6, 6.07) is 4.62. The number of nitrogens with zero attached hydrogens (tertiary/aromatic N) is 2. The molecule has 0 unspecified atom stereocenters. The minimum absolute atomic E-state index is 0.467. The van der Waals surface area contributed by atoms with Gasteiger partial charge in [-0.2, -0.15) is 0 Å². The molecule has 4 nitrogen and oxygen atoms in total. The largest absolute Gasteiger partial charge is 0.495 e. The first-order valence-corrected chi connectivity index (χ1v) is 6.94. The highest BCUT2D eigenvalue weighted by molar-refractivity contribution is 6.35. The summed E-state index contributed by atoms with van der Waals surface area (Å²) in [5.41, 5.74) is 2.15. The highest BCUT2D eigenvalue weighted by atomic mass is 35.5. The minimum atomic E-state index is 0.467. The Morgan fingerprint density at radius 3 is 2.74 bits per heavy atom. The second kappa shape index (κ2) is 5.88. The van der Waals surface area contributed by atoms with Gasteiger partial charge in [-0.1, -0.05) is 11.6 Å². The Labute approximate surface area is 120 Å². The number of benzene rings is 1. The van der Waals surface area contributed by atoms with Crippen molar-refractivity contribution < 1.29 is 4.74 Å². The van der Waals surface area contributed by atoms with Gasteiger partial charge in [0.25, 0.3) is 0 Å². The van der Waals surface area contributed by atoms with E-state index in [0.717, 1.165) is 31.1 Å². The van der Waals surface area contributed by atoms with Gasteiger partial charge in [0.05, 0.1) is 12.8 Å². The third-order valence-corrected chi connectivity index (χ3v) is 3.92. The molecule has 19 heavy (non-hydrogen) atoms. The molecule has 0 amide bonds. The molecule has 1 saturated heterocycles. The molecule has 0 aromatic heterocycles. The van der Waals surface area contributed by atoms with Crippen molar-refractivity contribution in [2.75, 3.05) is 50.6 Å². The number of piperazine rings is 1. The number of nitrogens with one attached hydrogen (secondary N) is 1. The molecular formula is C14H22ClN3O. The van der Waals surface area contributed by atoms with E-state index >= 15 is 0 Å².